The van der Waals surface area contributed by atoms with Crippen LogP contribution in [0.1, 0.15) is 19.8 Å². The molecule has 6 heteroatoms. The molecular formula is C11H19F2NO3. The van der Waals surface area contributed by atoms with Gasteiger partial charge < -0.3 is 9.47 Å². The molecule has 17 heavy (non-hydrogen) atoms. The number of carbonyl (C=O) groups excluding carboxylic acids is 1. The summed E-state index contributed by atoms with van der Waals surface area (Å²) in [4.78, 5) is 11.8. The van der Waals surface area contributed by atoms with Crippen LogP contribution in [0.3, 0.4) is 0 Å². The van der Waals surface area contributed by atoms with E-state index in [0.29, 0.717) is 6.54 Å². The summed E-state index contributed by atoms with van der Waals surface area (Å²) in [6.45, 7) is 1.69. The lowest BCUT2D eigenvalue weighted by molar-refractivity contribution is -0.154. The van der Waals surface area contributed by atoms with Crippen LogP contribution in [0.25, 0.3) is 0 Å². The van der Waals surface area contributed by atoms with Gasteiger partial charge >= 0.3 is 5.97 Å². The van der Waals surface area contributed by atoms with Crippen LogP contribution >= 0.6 is 0 Å². The molecule has 1 unspecified atom stereocenters. The number of rotatable bonds is 8. The Labute approximate surface area is 99.7 Å². The van der Waals surface area contributed by atoms with Gasteiger partial charge in [-0.15, -0.1) is 0 Å². The highest BCUT2D eigenvalue weighted by Gasteiger charge is 2.51. The molecule has 1 aliphatic carbocycles. The number of carbonyl (C=O) groups is 1. The van der Waals surface area contributed by atoms with Crippen molar-refractivity contribution < 1.29 is 23.0 Å². The van der Waals surface area contributed by atoms with Gasteiger partial charge in [0.05, 0.1) is 13.7 Å². The second kappa shape index (κ2) is 6.26. The van der Waals surface area contributed by atoms with Crippen molar-refractivity contribution in [2.45, 2.75) is 31.7 Å². The zero-order valence-electron chi connectivity index (χ0n) is 10.2. The summed E-state index contributed by atoms with van der Waals surface area (Å²) in [6.07, 6.45) is -0.744. The summed E-state index contributed by atoms with van der Waals surface area (Å²) >= 11 is 0. The molecule has 0 amide bonds. The van der Waals surface area contributed by atoms with Crippen LogP contribution < -0.4 is 5.32 Å². The van der Waals surface area contributed by atoms with Crippen molar-refractivity contribution in [3.05, 3.63) is 0 Å². The van der Waals surface area contributed by atoms with Crippen molar-refractivity contribution in [2.75, 3.05) is 26.9 Å². The van der Waals surface area contributed by atoms with Gasteiger partial charge in [-0.2, -0.15) is 0 Å². The van der Waals surface area contributed by atoms with Gasteiger partial charge in [0.1, 0.15) is 12.1 Å². The molecule has 0 spiro atoms. The first kappa shape index (κ1) is 14.3. The molecule has 4 nitrogen and oxygen atoms in total. The Morgan fingerprint density at radius 3 is 2.59 bits per heavy atom. The molecule has 1 atom stereocenters. The van der Waals surface area contributed by atoms with E-state index in [2.05, 4.69) is 5.32 Å². The number of nitrogens with one attached hydrogen (secondary N) is 1. The number of hydrogen-bond donors (Lipinski definition) is 1. The van der Waals surface area contributed by atoms with Crippen molar-refractivity contribution in [1.82, 2.24) is 5.32 Å². The lowest BCUT2D eigenvalue weighted by atomic mass is 9.94. The summed E-state index contributed by atoms with van der Waals surface area (Å²) in [5.74, 6) is -0.316. The molecule has 100 valence electrons. The predicted octanol–water partition coefficient (Wildman–Crippen LogP) is 1.20. The second-order valence-corrected chi connectivity index (χ2v) is 4.17. The SMILES string of the molecule is CCNC(COCC(F)F)(C(=O)OC)C1CC1. The molecule has 1 rings (SSSR count). The van der Waals surface area contributed by atoms with Gasteiger partial charge in [-0.05, 0) is 25.3 Å². The number of ether oxygens (including phenoxy) is 2. The minimum absolute atomic E-state index is 0.0669. The Kier molecular flexibility index (Phi) is 5.27. The minimum atomic E-state index is -2.52. The number of alkyl halides is 2. The Balaban J connectivity index is 2.65. The molecule has 0 aromatic heterocycles. The average molecular weight is 251 g/mol. The topological polar surface area (TPSA) is 47.6 Å². The van der Waals surface area contributed by atoms with Gasteiger partial charge in [0, 0.05) is 0 Å². The quantitative estimate of drug-likeness (QED) is 0.658. The average Bonchev–Trinajstić information content (AvgIpc) is 3.10. The maximum Gasteiger partial charge on any atom is 0.328 e. The lowest BCUT2D eigenvalue weighted by Crippen LogP contribution is -2.58. The summed E-state index contributed by atoms with van der Waals surface area (Å²) in [7, 11) is 1.30. The molecule has 1 aliphatic rings. The molecular weight excluding hydrogens is 232 g/mol. The summed E-state index contributed by atoms with van der Waals surface area (Å²) in [5, 5.41) is 3.04. The monoisotopic (exact) mass is 251 g/mol. The maximum absolute atomic E-state index is 12.0. The van der Waals surface area contributed by atoms with E-state index in [1.54, 1.807) is 0 Å². The van der Waals surface area contributed by atoms with Crippen LogP contribution in [-0.4, -0.2) is 44.8 Å². The van der Waals surface area contributed by atoms with E-state index in [0.717, 1.165) is 12.8 Å². The van der Waals surface area contributed by atoms with E-state index in [-0.39, 0.29) is 12.5 Å². The highest BCUT2D eigenvalue weighted by molar-refractivity contribution is 5.82. The number of hydrogen-bond acceptors (Lipinski definition) is 4. The number of esters is 1. The molecule has 1 N–H and O–H groups in total. The number of likely N-dealkylation sites (N-methyl/N-ethyl adjacent to an activating group) is 1. The van der Waals surface area contributed by atoms with Gasteiger partial charge in [-0.3, -0.25) is 5.32 Å². The summed E-state index contributed by atoms with van der Waals surface area (Å²) in [6, 6.07) is 0. The third-order valence-corrected chi connectivity index (χ3v) is 2.89. The molecule has 0 bridgehead atoms. The Bertz CT molecular complexity index is 259. The molecule has 0 aromatic rings. The highest BCUT2D eigenvalue weighted by Crippen LogP contribution is 2.40. The van der Waals surface area contributed by atoms with Gasteiger partial charge in [0.15, 0.2) is 0 Å². The first-order valence-corrected chi connectivity index (χ1v) is 5.76. The normalized spacial score (nSPS) is 19.1. The van der Waals surface area contributed by atoms with E-state index in [1.165, 1.54) is 7.11 Å². The lowest BCUT2D eigenvalue weighted by Gasteiger charge is -2.31. The largest absolute Gasteiger partial charge is 0.468 e. The van der Waals surface area contributed by atoms with Gasteiger partial charge in [-0.1, -0.05) is 6.92 Å². The predicted molar refractivity (Wildman–Crippen MR) is 58.0 cm³/mol. The van der Waals surface area contributed by atoms with Crippen LogP contribution in [0.15, 0.2) is 0 Å². The highest BCUT2D eigenvalue weighted by atomic mass is 19.3. The van der Waals surface area contributed by atoms with Crippen LogP contribution in [-0.2, 0) is 14.3 Å². The third kappa shape index (κ3) is 3.61. The van der Waals surface area contributed by atoms with Crippen molar-refractivity contribution in [3.63, 3.8) is 0 Å². The van der Waals surface area contributed by atoms with E-state index >= 15 is 0 Å². The standard InChI is InChI=1S/C11H19F2NO3/c1-3-14-11(8-4-5-8,10(15)16-2)7-17-6-9(12)13/h8-9,14H,3-7H2,1-2H3. The van der Waals surface area contributed by atoms with Crippen LogP contribution in [0.5, 0.6) is 0 Å². The summed E-state index contributed by atoms with van der Waals surface area (Å²) in [5.41, 5.74) is -0.960. The van der Waals surface area contributed by atoms with Crippen molar-refractivity contribution in [1.29, 1.82) is 0 Å². The van der Waals surface area contributed by atoms with Gasteiger partial charge in [-0.25, -0.2) is 13.6 Å². The van der Waals surface area contributed by atoms with Crippen LogP contribution in [0, 0.1) is 5.92 Å². The molecule has 1 fully saturated rings. The Morgan fingerprint density at radius 2 is 2.18 bits per heavy atom. The van der Waals surface area contributed by atoms with Crippen molar-refractivity contribution in [2.24, 2.45) is 5.92 Å². The second-order valence-electron chi connectivity index (χ2n) is 4.17. The van der Waals surface area contributed by atoms with Crippen LogP contribution in [0.2, 0.25) is 0 Å². The first-order chi connectivity index (χ1) is 8.06. The number of halogens is 2. The van der Waals surface area contributed by atoms with Crippen molar-refractivity contribution >= 4 is 5.97 Å². The third-order valence-electron chi connectivity index (χ3n) is 2.89. The molecule has 0 aromatic carbocycles. The maximum atomic E-state index is 12.0. The number of methoxy groups -OCH3 is 1. The molecule has 1 saturated carbocycles. The zero-order valence-corrected chi connectivity index (χ0v) is 10.2. The smallest absolute Gasteiger partial charge is 0.328 e. The van der Waals surface area contributed by atoms with E-state index < -0.39 is 24.5 Å². The fraction of sp³-hybridized carbons (Fsp3) is 0.909. The Hall–Kier alpha value is -0.750. The van der Waals surface area contributed by atoms with E-state index in [1.807, 2.05) is 6.92 Å². The Morgan fingerprint density at radius 1 is 1.53 bits per heavy atom. The van der Waals surface area contributed by atoms with Crippen molar-refractivity contribution in [3.8, 4) is 0 Å². The fourth-order valence-corrected chi connectivity index (χ4v) is 1.99. The zero-order chi connectivity index (χ0) is 12.9. The van der Waals surface area contributed by atoms with E-state index in [9.17, 15) is 13.6 Å². The van der Waals surface area contributed by atoms with Gasteiger partial charge in [0.25, 0.3) is 6.43 Å². The van der Waals surface area contributed by atoms with E-state index in [4.69, 9.17) is 9.47 Å². The molecule has 0 radical (unpaired) electrons. The van der Waals surface area contributed by atoms with Gasteiger partial charge in [0.2, 0.25) is 0 Å². The molecule has 0 heterocycles. The fourth-order valence-electron chi connectivity index (χ4n) is 1.99. The first-order valence-electron chi connectivity index (χ1n) is 5.76. The summed E-state index contributed by atoms with van der Waals surface area (Å²) < 4.78 is 33.8. The molecule has 0 saturated heterocycles. The van der Waals surface area contributed by atoms with Crippen LogP contribution in [0.4, 0.5) is 8.78 Å². The molecule has 0 aliphatic heterocycles. The minimum Gasteiger partial charge on any atom is -0.468 e.